The molecule has 1 amide bonds. The van der Waals surface area contributed by atoms with Crippen molar-refractivity contribution < 1.29 is 9.18 Å². The van der Waals surface area contributed by atoms with Crippen molar-refractivity contribution in [3.63, 3.8) is 0 Å². The first kappa shape index (κ1) is 13.0. The van der Waals surface area contributed by atoms with Gasteiger partial charge in [-0.1, -0.05) is 12.1 Å². The van der Waals surface area contributed by atoms with Crippen LogP contribution >= 0.6 is 0 Å². The molecule has 18 heavy (non-hydrogen) atoms. The van der Waals surface area contributed by atoms with E-state index in [1.165, 1.54) is 12.1 Å². The number of hydrogen-bond donors (Lipinski definition) is 0. The van der Waals surface area contributed by atoms with Gasteiger partial charge >= 0.3 is 0 Å². The van der Waals surface area contributed by atoms with E-state index in [4.69, 9.17) is 0 Å². The minimum Gasteiger partial charge on any atom is -0.340 e. The Balaban J connectivity index is 2.01. The maximum atomic E-state index is 12.8. The molecule has 1 heterocycles. The summed E-state index contributed by atoms with van der Waals surface area (Å²) in [6.45, 7) is 6.59. The number of hydrogen-bond acceptors (Lipinski definition) is 2. The average molecular weight is 250 g/mol. The fraction of sp³-hybridized carbons (Fsp3) is 0.500. The Labute approximate surface area is 107 Å². The maximum absolute atomic E-state index is 12.8. The van der Waals surface area contributed by atoms with Gasteiger partial charge in [0.25, 0.3) is 0 Å². The lowest BCUT2D eigenvalue weighted by molar-refractivity contribution is -0.123. The van der Waals surface area contributed by atoms with E-state index in [9.17, 15) is 9.18 Å². The van der Waals surface area contributed by atoms with Gasteiger partial charge in [-0.15, -0.1) is 0 Å². The Morgan fingerprint density at radius 1 is 1.22 bits per heavy atom. The molecule has 0 saturated carbocycles. The van der Waals surface area contributed by atoms with Gasteiger partial charge < -0.3 is 4.90 Å². The fourth-order valence-corrected chi connectivity index (χ4v) is 2.42. The quantitative estimate of drug-likeness (QED) is 0.765. The molecule has 0 spiro atoms. The summed E-state index contributed by atoms with van der Waals surface area (Å²) in [5.41, 5.74) is 1.11. The van der Waals surface area contributed by atoms with Gasteiger partial charge in [-0.2, -0.15) is 0 Å². The van der Waals surface area contributed by atoms with Gasteiger partial charge in [-0.05, 0) is 31.5 Å². The number of carbonyl (C=O) groups is 1. The Bertz CT molecular complexity index is 407. The number of benzene rings is 1. The second-order valence-corrected chi connectivity index (χ2v) is 5.06. The predicted octanol–water partition coefficient (Wildman–Crippen LogP) is 1.88. The molecule has 1 aromatic rings. The van der Waals surface area contributed by atoms with Crippen LogP contribution in [0.1, 0.15) is 19.4 Å². The Morgan fingerprint density at radius 2 is 1.89 bits per heavy atom. The van der Waals surface area contributed by atoms with Crippen molar-refractivity contribution in [3.05, 3.63) is 35.6 Å². The summed E-state index contributed by atoms with van der Waals surface area (Å²) in [7, 11) is 0. The zero-order chi connectivity index (χ0) is 13.1. The van der Waals surface area contributed by atoms with Gasteiger partial charge in [-0.3, -0.25) is 9.69 Å². The minimum absolute atomic E-state index is 0.203. The highest BCUT2D eigenvalue weighted by molar-refractivity contribution is 5.48. The SMILES string of the molecule is C[C@@H]1CN(Cc2ccc(F)cc2)[C@@H](C)CN1C=O. The molecule has 1 saturated heterocycles. The molecule has 0 bridgehead atoms. The first-order chi connectivity index (χ1) is 8.60. The van der Waals surface area contributed by atoms with Crippen molar-refractivity contribution in [2.75, 3.05) is 13.1 Å². The van der Waals surface area contributed by atoms with Crippen LogP contribution in [0.3, 0.4) is 0 Å². The van der Waals surface area contributed by atoms with Crippen molar-refractivity contribution in [2.24, 2.45) is 0 Å². The molecule has 0 radical (unpaired) electrons. The molecule has 1 aromatic carbocycles. The molecule has 0 aliphatic carbocycles. The number of amides is 1. The van der Waals surface area contributed by atoms with E-state index < -0.39 is 0 Å². The normalized spacial score (nSPS) is 25.2. The second kappa shape index (κ2) is 5.48. The van der Waals surface area contributed by atoms with Crippen LogP contribution in [0.2, 0.25) is 0 Å². The molecule has 4 heteroatoms. The first-order valence-corrected chi connectivity index (χ1v) is 6.29. The lowest BCUT2D eigenvalue weighted by atomic mass is 10.1. The second-order valence-electron chi connectivity index (χ2n) is 5.06. The maximum Gasteiger partial charge on any atom is 0.210 e. The molecular formula is C14H19FN2O. The van der Waals surface area contributed by atoms with Crippen LogP contribution in [0, 0.1) is 5.82 Å². The lowest BCUT2D eigenvalue weighted by Crippen LogP contribution is -2.55. The van der Waals surface area contributed by atoms with Crippen molar-refractivity contribution in [3.8, 4) is 0 Å². The molecule has 0 N–H and O–H groups in total. The predicted molar refractivity (Wildman–Crippen MR) is 68.5 cm³/mol. The summed E-state index contributed by atoms with van der Waals surface area (Å²) in [5.74, 6) is -0.203. The van der Waals surface area contributed by atoms with Crippen LogP contribution in [-0.2, 0) is 11.3 Å². The van der Waals surface area contributed by atoms with Crippen molar-refractivity contribution in [2.45, 2.75) is 32.5 Å². The summed E-state index contributed by atoms with van der Waals surface area (Å²) in [4.78, 5) is 15.1. The number of nitrogens with zero attached hydrogens (tertiary/aromatic N) is 2. The van der Waals surface area contributed by atoms with Gasteiger partial charge in [0.1, 0.15) is 5.82 Å². The molecule has 2 rings (SSSR count). The molecule has 0 aromatic heterocycles. The van der Waals surface area contributed by atoms with Gasteiger partial charge in [0.2, 0.25) is 6.41 Å². The highest BCUT2D eigenvalue weighted by atomic mass is 19.1. The summed E-state index contributed by atoms with van der Waals surface area (Å²) >= 11 is 0. The summed E-state index contributed by atoms with van der Waals surface area (Å²) in [6.07, 6.45) is 0.927. The van der Waals surface area contributed by atoms with E-state index >= 15 is 0 Å². The van der Waals surface area contributed by atoms with Crippen LogP contribution in [0.5, 0.6) is 0 Å². The fourth-order valence-electron chi connectivity index (χ4n) is 2.42. The molecule has 0 unspecified atom stereocenters. The highest BCUT2D eigenvalue weighted by Crippen LogP contribution is 2.17. The Kier molecular flexibility index (Phi) is 3.97. The topological polar surface area (TPSA) is 23.6 Å². The number of halogens is 1. The standard InChI is InChI=1S/C14H19FN2O/c1-11-8-17(10-18)12(2)7-16(11)9-13-3-5-14(15)6-4-13/h3-6,10-12H,7-9H2,1-2H3/t11-,12+/m0/s1. The third kappa shape index (κ3) is 2.88. The molecule has 98 valence electrons. The monoisotopic (exact) mass is 250 g/mol. The van der Waals surface area contributed by atoms with E-state index in [0.29, 0.717) is 6.04 Å². The highest BCUT2D eigenvalue weighted by Gasteiger charge is 2.27. The van der Waals surface area contributed by atoms with Gasteiger partial charge in [0.05, 0.1) is 0 Å². The van der Waals surface area contributed by atoms with Crippen LogP contribution in [0.4, 0.5) is 4.39 Å². The number of carbonyl (C=O) groups excluding carboxylic acids is 1. The van der Waals surface area contributed by atoms with Gasteiger partial charge in [0.15, 0.2) is 0 Å². The van der Waals surface area contributed by atoms with Crippen molar-refractivity contribution in [1.29, 1.82) is 0 Å². The van der Waals surface area contributed by atoms with E-state index in [2.05, 4.69) is 18.7 Å². The first-order valence-electron chi connectivity index (χ1n) is 6.29. The van der Waals surface area contributed by atoms with Crippen LogP contribution in [0.15, 0.2) is 24.3 Å². The van der Waals surface area contributed by atoms with Crippen molar-refractivity contribution >= 4 is 6.41 Å². The van der Waals surface area contributed by atoms with Crippen LogP contribution in [-0.4, -0.2) is 41.4 Å². The molecule has 1 fully saturated rings. The van der Waals surface area contributed by atoms with Crippen molar-refractivity contribution in [1.82, 2.24) is 9.80 Å². The average Bonchev–Trinajstić information content (AvgIpc) is 2.36. The third-order valence-corrected chi connectivity index (χ3v) is 3.60. The van der Waals surface area contributed by atoms with E-state index in [-0.39, 0.29) is 11.9 Å². The summed E-state index contributed by atoms with van der Waals surface area (Å²) in [5, 5.41) is 0. The van der Waals surface area contributed by atoms with E-state index in [1.807, 2.05) is 17.0 Å². The molecule has 1 aliphatic heterocycles. The number of rotatable bonds is 3. The Hall–Kier alpha value is -1.42. The molecule has 1 aliphatic rings. The van der Waals surface area contributed by atoms with E-state index in [0.717, 1.165) is 31.6 Å². The molecule has 3 nitrogen and oxygen atoms in total. The van der Waals surface area contributed by atoms with Gasteiger partial charge in [-0.25, -0.2) is 4.39 Å². The lowest BCUT2D eigenvalue weighted by Gasteiger charge is -2.42. The summed E-state index contributed by atoms with van der Waals surface area (Å²) in [6, 6.07) is 7.18. The molecular weight excluding hydrogens is 231 g/mol. The Morgan fingerprint density at radius 3 is 2.50 bits per heavy atom. The number of piperazine rings is 1. The van der Waals surface area contributed by atoms with Crippen LogP contribution in [0.25, 0.3) is 0 Å². The zero-order valence-electron chi connectivity index (χ0n) is 10.8. The smallest absolute Gasteiger partial charge is 0.210 e. The third-order valence-electron chi connectivity index (χ3n) is 3.60. The largest absolute Gasteiger partial charge is 0.340 e. The van der Waals surface area contributed by atoms with Crippen LogP contribution < -0.4 is 0 Å². The zero-order valence-corrected chi connectivity index (χ0v) is 10.8. The minimum atomic E-state index is -0.203. The molecule has 2 atom stereocenters. The summed E-state index contributed by atoms with van der Waals surface area (Å²) < 4.78 is 12.8. The van der Waals surface area contributed by atoms with E-state index in [1.54, 1.807) is 0 Å². The van der Waals surface area contributed by atoms with Gasteiger partial charge in [0, 0.05) is 31.7 Å².